The lowest BCUT2D eigenvalue weighted by Crippen LogP contribution is -2.47. The summed E-state index contributed by atoms with van der Waals surface area (Å²) in [4.78, 5) is 4.16. The van der Waals surface area contributed by atoms with Crippen molar-refractivity contribution in [1.29, 1.82) is 0 Å². The highest BCUT2D eigenvalue weighted by atomic mass is 32.2. The first kappa shape index (κ1) is 14.9. The summed E-state index contributed by atoms with van der Waals surface area (Å²) in [6.45, 7) is 7.46. The van der Waals surface area contributed by atoms with E-state index in [1.807, 2.05) is 0 Å². The van der Waals surface area contributed by atoms with Gasteiger partial charge in [-0.3, -0.25) is 0 Å². The molecule has 0 bridgehead atoms. The Morgan fingerprint density at radius 3 is 2.94 bits per heavy atom. The highest BCUT2D eigenvalue weighted by molar-refractivity contribution is 8.01. The molecule has 0 aliphatic rings. The molecule has 0 saturated heterocycles. The number of nitrogens with one attached hydrogen (secondary N) is 1. The van der Waals surface area contributed by atoms with Crippen LogP contribution in [0.5, 0.6) is 0 Å². The predicted molar refractivity (Wildman–Crippen MR) is 73.6 cm³/mol. The topological polar surface area (TPSA) is 58.0 Å². The van der Waals surface area contributed by atoms with Gasteiger partial charge in [-0.05, 0) is 37.8 Å². The number of hydrogen-bond donors (Lipinski definition) is 2. The van der Waals surface area contributed by atoms with Crippen molar-refractivity contribution in [2.24, 2.45) is 0 Å². The number of aromatic nitrogens is 2. The molecule has 17 heavy (non-hydrogen) atoms. The molecule has 0 aliphatic heterocycles. The molecule has 4 nitrogen and oxygen atoms in total. The van der Waals surface area contributed by atoms with E-state index in [1.54, 1.807) is 18.1 Å². The van der Waals surface area contributed by atoms with Gasteiger partial charge in [-0.1, -0.05) is 25.6 Å². The van der Waals surface area contributed by atoms with Gasteiger partial charge in [-0.2, -0.15) is 4.37 Å². The van der Waals surface area contributed by atoms with Gasteiger partial charge in [-0.25, -0.2) is 4.98 Å². The third-order valence-electron chi connectivity index (χ3n) is 2.53. The summed E-state index contributed by atoms with van der Waals surface area (Å²) < 4.78 is 4.98. The molecule has 1 aromatic heterocycles. The van der Waals surface area contributed by atoms with Crippen LogP contribution in [0, 0.1) is 0 Å². The van der Waals surface area contributed by atoms with E-state index in [4.69, 9.17) is 0 Å². The van der Waals surface area contributed by atoms with Crippen LogP contribution in [-0.2, 0) is 0 Å². The Morgan fingerprint density at radius 1 is 1.65 bits per heavy atom. The van der Waals surface area contributed by atoms with Crippen LogP contribution in [0.15, 0.2) is 10.7 Å². The van der Waals surface area contributed by atoms with Crippen molar-refractivity contribution in [2.45, 2.75) is 48.7 Å². The summed E-state index contributed by atoms with van der Waals surface area (Å²) in [5.74, 6) is 0. The first-order chi connectivity index (χ1) is 8.09. The second-order valence-electron chi connectivity index (χ2n) is 4.49. The second kappa shape index (κ2) is 7.31. The van der Waals surface area contributed by atoms with Crippen molar-refractivity contribution in [1.82, 2.24) is 14.7 Å². The fraction of sp³-hybridized carbons (Fsp3) is 0.818. The molecule has 0 aromatic carbocycles. The number of aliphatic hydroxyl groups is 1. The minimum atomic E-state index is -0.201. The van der Waals surface area contributed by atoms with Gasteiger partial charge in [0.1, 0.15) is 6.33 Å². The van der Waals surface area contributed by atoms with Crippen LogP contribution in [0.3, 0.4) is 0 Å². The molecule has 0 spiro atoms. The number of rotatable bonds is 8. The van der Waals surface area contributed by atoms with E-state index in [-0.39, 0.29) is 12.1 Å². The van der Waals surface area contributed by atoms with Crippen molar-refractivity contribution in [3.63, 3.8) is 0 Å². The normalized spacial score (nSPS) is 16.7. The van der Waals surface area contributed by atoms with Crippen molar-refractivity contribution >= 4 is 23.3 Å². The lowest BCUT2D eigenvalue weighted by molar-refractivity contribution is 0.166. The quantitative estimate of drug-likeness (QED) is 0.712. The van der Waals surface area contributed by atoms with Crippen LogP contribution in [0.4, 0.5) is 0 Å². The fourth-order valence-electron chi connectivity index (χ4n) is 1.68. The van der Waals surface area contributed by atoms with Crippen LogP contribution < -0.4 is 5.32 Å². The Hall–Kier alpha value is -0.170. The van der Waals surface area contributed by atoms with Crippen LogP contribution in [0.2, 0.25) is 0 Å². The molecular weight excluding hydrogens is 254 g/mol. The summed E-state index contributed by atoms with van der Waals surface area (Å²) in [7, 11) is 0. The predicted octanol–water partition coefficient (Wildman–Crippen LogP) is 2.16. The molecule has 2 atom stereocenters. The zero-order valence-electron chi connectivity index (χ0n) is 10.6. The first-order valence-electron chi connectivity index (χ1n) is 5.89. The molecule has 2 unspecified atom stereocenters. The lowest BCUT2D eigenvalue weighted by atomic mass is 9.97. The molecular formula is C11H21N3OS2. The SMILES string of the molecule is CCCNC(C)(CO)CC(C)Sc1ncns1. The minimum absolute atomic E-state index is 0.161. The smallest absolute Gasteiger partial charge is 0.170 e. The van der Waals surface area contributed by atoms with Crippen LogP contribution in [0.1, 0.15) is 33.6 Å². The number of hydrogen-bond acceptors (Lipinski definition) is 6. The van der Waals surface area contributed by atoms with Gasteiger partial charge in [0.15, 0.2) is 4.34 Å². The minimum Gasteiger partial charge on any atom is -0.394 e. The van der Waals surface area contributed by atoms with E-state index < -0.39 is 0 Å². The van der Waals surface area contributed by atoms with E-state index >= 15 is 0 Å². The molecule has 0 saturated carbocycles. The number of nitrogens with zero attached hydrogens (tertiary/aromatic N) is 2. The highest BCUT2D eigenvalue weighted by Crippen LogP contribution is 2.28. The molecule has 1 heterocycles. The summed E-state index contributed by atoms with van der Waals surface area (Å²) in [5.41, 5.74) is -0.201. The average Bonchev–Trinajstić information content (AvgIpc) is 2.79. The maximum absolute atomic E-state index is 9.49. The van der Waals surface area contributed by atoms with Crippen molar-refractivity contribution in [3.05, 3.63) is 6.33 Å². The van der Waals surface area contributed by atoms with Gasteiger partial charge in [0.25, 0.3) is 0 Å². The Morgan fingerprint density at radius 2 is 2.41 bits per heavy atom. The second-order valence-corrected chi connectivity index (χ2v) is 6.95. The largest absolute Gasteiger partial charge is 0.394 e. The third kappa shape index (κ3) is 5.33. The molecule has 1 aromatic rings. The van der Waals surface area contributed by atoms with E-state index in [9.17, 15) is 5.11 Å². The highest BCUT2D eigenvalue weighted by Gasteiger charge is 2.25. The van der Waals surface area contributed by atoms with Gasteiger partial charge in [0, 0.05) is 10.8 Å². The molecule has 98 valence electrons. The van der Waals surface area contributed by atoms with Gasteiger partial charge in [-0.15, -0.1) is 0 Å². The Bertz CT molecular complexity index is 308. The van der Waals surface area contributed by atoms with Crippen LogP contribution in [-0.4, -0.2) is 38.4 Å². The Kier molecular flexibility index (Phi) is 6.40. The zero-order valence-corrected chi connectivity index (χ0v) is 12.3. The number of thioether (sulfide) groups is 1. The third-order valence-corrected chi connectivity index (χ3v) is 4.38. The summed E-state index contributed by atoms with van der Waals surface area (Å²) in [6.07, 6.45) is 3.57. The van der Waals surface area contributed by atoms with Gasteiger partial charge in [0.05, 0.1) is 6.61 Å². The van der Waals surface area contributed by atoms with Gasteiger partial charge < -0.3 is 10.4 Å². The van der Waals surface area contributed by atoms with Crippen molar-refractivity contribution in [3.8, 4) is 0 Å². The number of aliphatic hydroxyl groups excluding tert-OH is 1. The standard InChI is InChI=1S/C11H21N3OS2/c1-4-5-13-11(3,7-15)6-9(2)16-10-12-8-14-17-10/h8-9,13,15H,4-7H2,1-3H3. The summed E-state index contributed by atoms with van der Waals surface area (Å²) >= 11 is 3.14. The molecule has 0 fully saturated rings. The maximum atomic E-state index is 9.49. The fourth-order valence-corrected chi connectivity index (χ4v) is 3.66. The molecule has 2 N–H and O–H groups in total. The zero-order chi connectivity index (χ0) is 12.7. The summed E-state index contributed by atoms with van der Waals surface area (Å²) in [5, 5.41) is 13.3. The van der Waals surface area contributed by atoms with E-state index in [1.165, 1.54) is 11.5 Å². The van der Waals surface area contributed by atoms with E-state index in [0.717, 1.165) is 23.7 Å². The van der Waals surface area contributed by atoms with Gasteiger partial charge >= 0.3 is 0 Å². The van der Waals surface area contributed by atoms with Crippen LogP contribution >= 0.6 is 23.3 Å². The van der Waals surface area contributed by atoms with Crippen molar-refractivity contribution in [2.75, 3.05) is 13.2 Å². The maximum Gasteiger partial charge on any atom is 0.170 e. The van der Waals surface area contributed by atoms with Crippen molar-refractivity contribution < 1.29 is 5.11 Å². The van der Waals surface area contributed by atoms with Crippen LogP contribution in [0.25, 0.3) is 0 Å². The molecule has 6 heteroatoms. The molecule has 1 rings (SSSR count). The Labute approximate surface area is 111 Å². The molecule has 0 aliphatic carbocycles. The molecule has 0 amide bonds. The Balaban J connectivity index is 2.43. The van der Waals surface area contributed by atoms with Gasteiger partial charge in [0.2, 0.25) is 0 Å². The lowest BCUT2D eigenvalue weighted by Gasteiger charge is -2.31. The monoisotopic (exact) mass is 275 g/mol. The summed E-state index contributed by atoms with van der Waals surface area (Å²) in [6, 6.07) is 0. The van der Waals surface area contributed by atoms with E-state index in [0.29, 0.717) is 5.25 Å². The first-order valence-corrected chi connectivity index (χ1v) is 7.54. The average molecular weight is 275 g/mol. The molecule has 0 radical (unpaired) electrons. The van der Waals surface area contributed by atoms with E-state index in [2.05, 4.69) is 35.4 Å².